The topological polar surface area (TPSA) is 74.8 Å². The van der Waals surface area contributed by atoms with Crippen molar-refractivity contribution >= 4 is 23.4 Å². The number of aromatic nitrogens is 3. The fourth-order valence-corrected chi connectivity index (χ4v) is 4.19. The Hall–Kier alpha value is -4.10. The molecule has 0 aliphatic rings. The summed E-state index contributed by atoms with van der Waals surface area (Å²) in [7, 11) is 0. The summed E-state index contributed by atoms with van der Waals surface area (Å²) in [4.78, 5) is 14.5. The third kappa shape index (κ3) is 5.70. The van der Waals surface area contributed by atoms with Gasteiger partial charge in [0.05, 0.1) is 18.2 Å². The number of thioether (sulfide) groups is 1. The Morgan fingerprint density at radius 3 is 2.06 bits per heavy atom. The van der Waals surface area contributed by atoms with Crippen LogP contribution in [0.1, 0.15) is 6.42 Å². The Morgan fingerprint density at radius 2 is 1.46 bits per heavy atom. The first-order valence-electron chi connectivity index (χ1n) is 10.5. The smallest absolute Gasteiger partial charge is 0.237 e. The quantitative estimate of drug-likeness (QED) is 0.308. The van der Waals surface area contributed by atoms with E-state index in [9.17, 15) is 18.0 Å². The molecule has 4 rings (SSSR count). The molecule has 0 saturated carbocycles. The van der Waals surface area contributed by atoms with E-state index < -0.39 is 17.5 Å². The normalized spacial score (nSPS) is 10.7. The lowest BCUT2D eigenvalue weighted by Gasteiger charge is -2.21. The summed E-state index contributed by atoms with van der Waals surface area (Å²) in [5, 5.41) is 17.8. The molecule has 0 saturated heterocycles. The second kappa shape index (κ2) is 10.9. The Balaban J connectivity index is 1.63. The number of rotatable bonds is 8. The van der Waals surface area contributed by atoms with Gasteiger partial charge in [0, 0.05) is 23.5 Å². The number of nitriles is 1. The Morgan fingerprint density at radius 1 is 0.886 bits per heavy atom. The molecule has 0 spiro atoms. The Kier molecular flexibility index (Phi) is 7.48. The summed E-state index contributed by atoms with van der Waals surface area (Å²) < 4.78 is 42.0. The molecular formula is C25H18F3N5OS. The minimum Gasteiger partial charge on any atom is -0.311 e. The van der Waals surface area contributed by atoms with E-state index in [1.54, 1.807) is 28.8 Å². The summed E-state index contributed by atoms with van der Waals surface area (Å²) in [5.41, 5.74) is 1.62. The number of nitrogens with zero attached hydrogens (tertiary/aromatic N) is 5. The van der Waals surface area contributed by atoms with Crippen LogP contribution in [0.15, 0.2) is 78.0 Å². The van der Waals surface area contributed by atoms with Crippen molar-refractivity contribution < 1.29 is 18.0 Å². The van der Waals surface area contributed by atoms with Crippen molar-refractivity contribution in [2.45, 2.75) is 11.6 Å². The van der Waals surface area contributed by atoms with Crippen LogP contribution in [0.5, 0.6) is 0 Å². The van der Waals surface area contributed by atoms with Crippen LogP contribution < -0.4 is 4.90 Å². The van der Waals surface area contributed by atoms with E-state index in [-0.39, 0.29) is 24.6 Å². The van der Waals surface area contributed by atoms with Crippen molar-refractivity contribution in [1.29, 1.82) is 5.26 Å². The SMILES string of the molecule is N#CCCN(C(=O)CSc1nnc(-c2ccc(F)cc2)n1-c1ccc(F)cc1)c1ccc(F)cc1. The van der Waals surface area contributed by atoms with Crippen LogP contribution in [-0.4, -0.2) is 33.0 Å². The van der Waals surface area contributed by atoms with E-state index in [4.69, 9.17) is 5.26 Å². The monoisotopic (exact) mass is 493 g/mol. The first-order valence-corrected chi connectivity index (χ1v) is 11.5. The molecular weight excluding hydrogens is 475 g/mol. The number of carbonyl (C=O) groups excluding carboxylic acids is 1. The first-order chi connectivity index (χ1) is 17.0. The molecule has 3 aromatic carbocycles. The standard InChI is InChI=1S/C25H18F3N5OS/c26-18-4-2-17(3-5-18)24-30-31-25(33(24)22-12-8-20(28)9-13-22)35-16-23(34)32(15-1-14-29)21-10-6-19(27)7-11-21/h2-13H,1,15-16H2. The molecule has 35 heavy (non-hydrogen) atoms. The molecule has 4 aromatic rings. The Bertz CT molecular complexity index is 1350. The van der Waals surface area contributed by atoms with Crippen molar-refractivity contribution in [2.75, 3.05) is 17.2 Å². The highest BCUT2D eigenvalue weighted by atomic mass is 32.2. The molecule has 176 valence electrons. The molecule has 0 fully saturated rings. The van der Waals surface area contributed by atoms with Crippen molar-refractivity contribution in [3.63, 3.8) is 0 Å². The predicted molar refractivity (Wildman–Crippen MR) is 126 cm³/mol. The number of benzene rings is 3. The number of halogens is 3. The first kappa shape index (κ1) is 24.0. The van der Waals surface area contributed by atoms with Crippen LogP contribution >= 0.6 is 11.8 Å². The van der Waals surface area contributed by atoms with E-state index in [0.29, 0.717) is 27.9 Å². The van der Waals surface area contributed by atoms with Gasteiger partial charge < -0.3 is 4.90 Å². The van der Waals surface area contributed by atoms with Crippen LogP contribution in [0.4, 0.5) is 18.9 Å². The molecule has 0 unspecified atom stereocenters. The van der Waals surface area contributed by atoms with Crippen LogP contribution in [-0.2, 0) is 4.79 Å². The van der Waals surface area contributed by atoms with E-state index >= 15 is 0 Å². The van der Waals surface area contributed by atoms with E-state index in [0.717, 1.165) is 11.8 Å². The number of hydrogen-bond acceptors (Lipinski definition) is 5. The molecule has 10 heteroatoms. The maximum atomic E-state index is 13.5. The van der Waals surface area contributed by atoms with Gasteiger partial charge in [0.1, 0.15) is 17.5 Å². The fourth-order valence-electron chi connectivity index (χ4n) is 3.36. The van der Waals surface area contributed by atoms with Gasteiger partial charge in [-0.15, -0.1) is 10.2 Å². The number of anilines is 1. The molecule has 6 nitrogen and oxygen atoms in total. The zero-order valence-electron chi connectivity index (χ0n) is 18.2. The molecule has 1 heterocycles. The van der Waals surface area contributed by atoms with Gasteiger partial charge in [0.2, 0.25) is 5.91 Å². The number of hydrogen-bond donors (Lipinski definition) is 0. The predicted octanol–water partition coefficient (Wildman–Crippen LogP) is 5.39. The van der Waals surface area contributed by atoms with Crippen molar-refractivity contribution in [3.8, 4) is 23.1 Å². The molecule has 0 aliphatic carbocycles. The van der Waals surface area contributed by atoms with Crippen LogP contribution in [0, 0.1) is 28.8 Å². The van der Waals surface area contributed by atoms with Gasteiger partial charge in [-0.05, 0) is 72.8 Å². The lowest BCUT2D eigenvalue weighted by molar-refractivity contribution is -0.116. The fraction of sp³-hybridized carbons (Fsp3) is 0.120. The Labute approximate surface area is 203 Å². The van der Waals surface area contributed by atoms with Gasteiger partial charge in [-0.3, -0.25) is 9.36 Å². The minimum atomic E-state index is -0.434. The van der Waals surface area contributed by atoms with E-state index in [2.05, 4.69) is 10.2 Å². The third-order valence-corrected chi connectivity index (χ3v) is 5.95. The summed E-state index contributed by atoms with van der Waals surface area (Å²) in [6.07, 6.45) is 0.105. The summed E-state index contributed by atoms with van der Waals surface area (Å²) in [5.74, 6) is -1.22. The van der Waals surface area contributed by atoms with E-state index in [1.807, 2.05) is 6.07 Å². The van der Waals surface area contributed by atoms with Gasteiger partial charge in [-0.2, -0.15) is 5.26 Å². The minimum absolute atomic E-state index is 0.0500. The summed E-state index contributed by atoms with van der Waals surface area (Å²) in [6.45, 7) is 0.146. The zero-order chi connectivity index (χ0) is 24.8. The average molecular weight is 494 g/mol. The van der Waals surface area contributed by atoms with Gasteiger partial charge in [-0.1, -0.05) is 11.8 Å². The molecule has 0 atom stereocenters. The van der Waals surface area contributed by atoms with Crippen LogP contribution in [0.25, 0.3) is 17.1 Å². The zero-order valence-corrected chi connectivity index (χ0v) is 19.1. The van der Waals surface area contributed by atoms with Gasteiger partial charge in [0.25, 0.3) is 0 Å². The second-order valence-electron chi connectivity index (χ2n) is 7.34. The molecule has 0 bridgehead atoms. The van der Waals surface area contributed by atoms with Gasteiger partial charge in [0.15, 0.2) is 11.0 Å². The average Bonchev–Trinajstić information content (AvgIpc) is 3.29. The van der Waals surface area contributed by atoms with Gasteiger partial charge in [-0.25, -0.2) is 13.2 Å². The maximum Gasteiger partial charge on any atom is 0.237 e. The van der Waals surface area contributed by atoms with Crippen LogP contribution in [0.3, 0.4) is 0 Å². The maximum absolute atomic E-state index is 13.5. The largest absolute Gasteiger partial charge is 0.311 e. The van der Waals surface area contributed by atoms with Crippen molar-refractivity contribution in [3.05, 3.63) is 90.2 Å². The van der Waals surface area contributed by atoms with Gasteiger partial charge >= 0.3 is 0 Å². The van der Waals surface area contributed by atoms with Crippen molar-refractivity contribution in [1.82, 2.24) is 14.8 Å². The van der Waals surface area contributed by atoms with E-state index in [1.165, 1.54) is 53.4 Å². The van der Waals surface area contributed by atoms with Crippen molar-refractivity contribution in [2.24, 2.45) is 0 Å². The highest BCUT2D eigenvalue weighted by Gasteiger charge is 2.21. The number of amides is 1. The number of carbonyl (C=O) groups is 1. The molecule has 0 aliphatic heterocycles. The molecule has 0 radical (unpaired) electrons. The van der Waals surface area contributed by atoms with Crippen LogP contribution in [0.2, 0.25) is 0 Å². The lowest BCUT2D eigenvalue weighted by atomic mass is 10.2. The molecule has 1 amide bonds. The molecule has 1 aromatic heterocycles. The highest BCUT2D eigenvalue weighted by Crippen LogP contribution is 2.29. The molecule has 0 N–H and O–H groups in total. The summed E-state index contributed by atoms with van der Waals surface area (Å²) >= 11 is 1.11. The summed E-state index contributed by atoms with van der Waals surface area (Å²) in [6, 6.07) is 18.8. The third-order valence-electron chi connectivity index (χ3n) is 5.03. The lowest BCUT2D eigenvalue weighted by Crippen LogP contribution is -2.33. The second-order valence-corrected chi connectivity index (χ2v) is 8.29. The highest BCUT2D eigenvalue weighted by molar-refractivity contribution is 7.99.